The molecule has 0 spiro atoms. The highest BCUT2D eigenvalue weighted by Crippen LogP contribution is 2.41. The maximum Gasteiger partial charge on any atom is 0.416 e. The third kappa shape index (κ3) is 5.09. The van der Waals surface area contributed by atoms with Gasteiger partial charge in [-0.3, -0.25) is 4.98 Å². The van der Waals surface area contributed by atoms with E-state index >= 15 is 0 Å². The van der Waals surface area contributed by atoms with Crippen LogP contribution in [0.4, 0.5) is 30.7 Å². The van der Waals surface area contributed by atoms with Gasteiger partial charge < -0.3 is 4.74 Å². The Bertz CT molecular complexity index is 1120. The van der Waals surface area contributed by atoms with E-state index in [9.17, 15) is 30.7 Å². The quantitative estimate of drug-likeness (QED) is 0.359. The van der Waals surface area contributed by atoms with Crippen LogP contribution in [-0.2, 0) is 23.5 Å². The van der Waals surface area contributed by atoms with E-state index in [-0.39, 0.29) is 11.6 Å². The third-order valence-corrected chi connectivity index (χ3v) is 5.98. The molecular weight excluding hydrogens is 463 g/mol. The first-order valence-electron chi connectivity index (χ1n) is 10.6. The first-order chi connectivity index (χ1) is 15.9. The molecule has 3 atom stereocenters. The minimum Gasteiger partial charge on any atom is -0.370 e. The number of nitrogens with zero attached hydrogens (tertiary/aromatic N) is 1. The molecule has 0 saturated carbocycles. The molecule has 180 valence electrons. The topological polar surface area (TPSA) is 22.1 Å². The monoisotopic (exact) mass is 483 g/mol. The number of alkyl halides is 6. The predicted octanol–water partition coefficient (Wildman–Crippen LogP) is 7.48. The SMILES string of the molecule is CC(O[C@@H]1CCc2cccnc2[C@H]1c1ccc(F)cc1)c1cc(C(F)(F)F)cc(C(F)(F)F)c1. The molecule has 0 N–H and O–H groups in total. The van der Waals surface area contributed by atoms with Gasteiger partial charge in [0, 0.05) is 6.20 Å². The average molecular weight is 483 g/mol. The van der Waals surface area contributed by atoms with Crippen LogP contribution in [-0.4, -0.2) is 11.1 Å². The Morgan fingerprint density at radius 3 is 2.12 bits per heavy atom. The summed E-state index contributed by atoms with van der Waals surface area (Å²) in [5.74, 6) is -0.892. The number of halogens is 7. The lowest BCUT2D eigenvalue weighted by Gasteiger charge is -2.35. The second-order valence-corrected chi connectivity index (χ2v) is 8.27. The van der Waals surface area contributed by atoms with Crippen molar-refractivity contribution in [1.29, 1.82) is 0 Å². The summed E-state index contributed by atoms with van der Waals surface area (Å²) in [6, 6.07) is 10.9. The normalized spacial score (nSPS) is 19.5. The standard InChI is InChI=1S/C25H20F7NO/c1-14(17-11-18(24(27,28)29)13-19(12-17)25(30,31)32)34-21-9-6-16-3-2-10-33-23(16)22(21)15-4-7-20(26)8-5-15/h2-5,7-8,10-14,21-22H,6,9H2,1H3/t14?,21-,22+/m1/s1. The van der Waals surface area contributed by atoms with Gasteiger partial charge in [-0.25, -0.2) is 4.39 Å². The predicted molar refractivity (Wildman–Crippen MR) is 111 cm³/mol. The van der Waals surface area contributed by atoms with E-state index in [0.717, 1.165) is 5.56 Å². The van der Waals surface area contributed by atoms with Gasteiger partial charge in [-0.15, -0.1) is 0 Å². The molecular formula is C25H20F7NO. The molecule has 0 amide bonds. The Balaban J connectivity index is 1.70. The molecule has 3 aromatic rings. The molecule has 0 saturated heterocycles. The van der Waals surface area contributed by atoms with Crippen LogP contribution in [0.5, 0.6) is 0 Å². The number of aromatic nitrogens is 1. The molecule has 0 bridgehead atoms. The molecule has 1 aliphatic carbocycles. The highest BCUT2D eigenvalue weighted by atomic mass is 19.4. The van der Waals surface area contributed by atoms with Crippen molar-refractivity contribution in [2.24, 2.45) is 0 Å². The maximum atomic E-state index is 13.5. The van der Waals surface area contributed by atoms with Crippen molar-refractivity contribution in [2.75, 3.05) is 0 Å². The summed E-state index contributed by atoms with van der Waals surface area (Å²) in [4.78, 5) is 4.45. The summed E-state index contributed by atoms with van der Waals surface area (Å²) in [6.07, 6.45) is -8.90. The first-order valence-corrected chi connectivity index (χ1v) is 10.6. The van der Waals surface area contributed by atoms with Gasteiger partial charge in [0.25, 0.3) is 0 Å². The average Bonchev–Trinajstić information content (AvgIpc) is 2.78. The van der Waals surface area contributed by atoms with Crippen LogP contribution in [0.3, 0.4) is 0 Å². The Labute approximate surface area is 191 Å². The fourth-order valence-corrected chi connectivity index (χ4v) is 4.33. The number of rotatable bonds is 4. The van der Waals surface area contributed by atoms with Gasteiger partial charge in [0.15, 0.2) is 0 Å². The lowest BCUT2D eigenvalue weighted by molar-refractivity contribution is -0.143. The Morgan fingerprint density at radius 2 is 1.53 bits per heavy atom. The van der Waals surface area contributed by atoms with E-state index in [0.29, 0.717) is 36.2 Å². The molecule has 0 aliphatic heterocycles. The minimum absolute atomic E-state index is 0.0955. The number of ether oxygens (including phenoxy) is 1. The molecule has 9 heteroatoms. The van der Waals surface area contributed by atoms with Crippen molar-refractivity contribution in [1.82, 2.24) is 4.98 Å². The molecule has 4 rings (SSSR count). The van der Waals surface area contributed by atoms with E-state index < -0.39 is 47.4 Å². The van der Waals surface area contributed by atoms with Gasteiger partial charge in [0.1, 0.15) is 5.82 Å². The van der Waals surface area contributed by atoms with Crippen molar-refractivity contribution in [3.8, 4) is 0 Å². The van der Waals surface area contributed by atoms with Crippen molar-refractivity contribution in [2.45, 2.75) is 50.2 Å². The zero-order chi connectivity index (χ0) is 24.7. The second kappa shape index (κ2) is 9.02. The second-order valence-electron chi connectivity index (χ2n) is 8.27. The maximum absolute atomic E-state index is 13.5. The van der Waals surface area contributed by atoms with E-state index in [2.05, 4.69) is 4.98 Å². The van der Waals surface area contributed by atoms with Gasteiger partial charge in [-0.05, 0) is 72.9 Å². The number of hydrogen-bond donors (Lipinski definition) is 0. The third-order valence-electron chi connectivity index (χ3n) is 5.98. The fourth-order valence-electron chi connectivity index (χ4n) is 4.33. The van der Waals surface area contributed by atoms with Gasteiger partial charge >= 0.3 is 12.4 Å². The lowest BCUT2D eigenvalue weighted by Crippen LogP contribution is -2.31. The molecule has 0 fully saturated rings. The van der Waals surface area contributed by atoms with Crippen LogP contribution in [0.15, 0.2) is 60.8 Å². The summed E-state index contributed by atoms with van der Waals surface area (Å²) in [5, 5.41) is 0. The van der Waals surface area contributed by atoms with Crippen molar-refractivity contribution in [3.63, 3.8) is 0 Å². The molecule has 2 aromatic carbocycles. The van der Waals surface area contributed by atoms with Crippen LogP contribution in [0.25, 0.3) is 0 Å². The lowest BCUT2D eigenvalue weighted by atomic mass is 9.79. The molecule has 0 radical (unpaired) electrons. The number of pyridine rings is 1. The van der Waals surface area contributed by atoms with Crippen LogP contribution in [0, 0.1) is 5.82 Å². The zero-order valence-electron chi connectivity index (χ0n) is 17.9. The van der Waals surface area contributed by atoms with Gasteiger partial charge in [-0.2, -0.15) is 26.3 Å². The smallest absolute Gasteiger partial charge is 0.370 e. The molecule has 34 heavy (non-hydrogen) atoms. The van der Waals surface area contributed by atoms with Gasteiger partial charge in [0.05, 0.1) is 34.9 Å². The van der Waals surface area contributed by atoms with E-state index in [1.165, 1.54) is 19.1 Å². The van der Waals surface area contributed by atoms with Crippen LogP contribution in [0.2, 0.25) is 0 Å². The summed E-state index contributed by atoms with van der Waals surface area (Å²) >= 11 is 0. The van der Waals surface area contributed by atoms with E-state index in [1.54, 1.807) is 24.4 Å². The molecule has 1 aliphatic rings. The Morgan fingerprint density at radius 1 is 0.912 bits per heavy atom. The fraction of sp³-hybridized carbons (Fsp3) is 0.320. The highest BCUT2D eigenvalue weighted by molar-refractivity contribution is 5.38. The van der Waals surface area contributed by atoms with E-state index in [4.69, 9.17) is 4.74 Å². The van der Waals surface area contributed by atoms with Crippen LogP contribution >= 0.6 is 0 Å². The first kappa shape index (κ1) is 24.2. The van der Waals surface area contributed by atoms with Crippen molar-refractivity contribution < 1.29 is 35.5 Å². The number of benzene rings is 2. The van der Waals surface area contributed by atoms with Crippen LogP contribution in [0.1, 0.15) is 58.9 Å². The number of aryl methyl sites for hydroxylation is 1. The summed E-state index contributed by atoms with van der Waals surface area (Å²) in [5.41, 5.74) is -0.664. The Hall–Kier alpha value is -2.94. The number of fused-ring (bicyclic) bond motifs is 1. The highest BCUT2D eigenvalue weighted by Gasteiger charge is 2.38. The van der Waals surface area contributed by atoms with E-state index in [1.807, 2.05) is 6.07 Å². The molecule has 1 heterocycles. The zero-order valence-corrected chi connectivity index (χ0v) is 17.9. The molecule has 2 nitrogen and oxygen atoms in total. The summed E-state index contributed by atoms with van der Waals surface area (Å²) < 4.78 is 99.4. The van der Waals surface area contributed by atoms with Crippen molar-refractivity contribution >= 4 is 0 Å². The van der Waals surface area contributed by atoms with Crippen molar-refractivity contribution in [3.05, 3.63) is 100 Å². The molecule has 1 aromatic heterocycles. The largest absolute Gasteiger partial charge is 0.416 e. The van der Waals surface area contributed by atoms with Crippen LogP contribution < -0.4 is 0 Å². The van der Waals surface area contributed by atoms with Gasteiger partial charge in [0.2, 0.25) is 0 Å². The number of hydrogen-bond acceptors (Lipinski definition) is 2. The Kier molecular flexibility index (Phi) is 6.42. The molecule has 1 unspecified atom stereocenters. The summed E-state index contributed by atoms with van der Waals surface area (Å²) in [7, 11) is 0. The minimum atomic E-state index is -4.94. The summed E-state index contributed by atoms with van der Waals surface area (Å²) in [6.45, 7) is 1.42. The van der Waals surface area contributed by atoms with Gasteiger partial charge in [-0.1, -0.05) is 18.2 Å².